The highest BCUT2D eigenvalue weighted by atomic mass is 16.6. The van der Waals surface area contributed by atoms with Gasteiger partial charge in [0.2, 0.25) is 5.95 Å². The molecule has 10 nitrogen and oxygen atoms in total. The fourth-order valence-electron chi connectivity index (χ4n) is 3.72. The van der Waals surface area contributed by atoms with Crippen LogP contribution < -0.4 is 16.6 Å². The Morgan fingerprint density at radius 1 is 1.16 bits per heavy atom. The highest BCUT2D eigenvalue weighted by Gasteiger charge is 2.28. The van der Waals surface area contributed by atoms with Gasteiger partial charge in [-0.2, -0.15) is 4.98 Å². The highest BCUT2D eigenvalue weighted by Crippen LogP contribution is 2.21. The van der Waals surface area contributed by atoms with Crippen LogP contribution in [-0.2, 0) is 25.4 Å². The van der Waals surface area contributed by atoms with Gasteiger partial charge in [0.15, 0.2) is 11.2 Å². The van der Waals surface area contributed by atoms with E-state index in [1.54, 1.807) is 11.9 Å². The molecule has 176 valence electrons. The summed E-state index contributed by atoms with van der Waals surface area (Å²) in [6.45, 7) is 11.2. The molecule has 1 amide bonds. The maximum Gasteiger partial charge on any atom is 0.410 e. The quantitative estimate of drug-likeness (QED) is 0.723. The van der Waals surface area contributed by atoms with Crippen molar-refractivity contribution >= 4 is 23.2 Å². The van der Waals surface area contributed by atoms with Gasteiger partial charge in [-0.15, -0.1) is 0 Å². The molecule has 3 heterocycles. The van der Waals surface area contributed by atoms with Crippen molar-refractivity contribution < 1.29 is 9.53 Å². The van der Waals surface area contributed by atoms with Crippen LogP contribution in [0, 0.1) is 0 Å². The second kappa shape index (κ2) is 8.84. The van der Waals surface area contributed by atoms with E-state index in [2.05, 4.69) is 10.3 Å². The summed E-state index contributed by atoms with van der Waals surface area (Å²) >= 11 is 0. The summed E-state index contributed by atoms with van der Waals surface area (Å²) in [6.07, 6.45) is 3.16. The number of imidazole rings is 1. The molecule has 1 saturated heterocycles. The Kier molecular flexibility index (Phi) is 6.52. The van der Waals surface area contributed by atoms with E-state index in [1.807, 2.05) is 45.3 Å². The lowest BCUT2D eigenvalue weighted by atomic mass is 10.1. The van der Waals surface area contributed by atoms with Gasteiger partial charge in [0, 0.05) is 39.8 Å². The van der Waals surface area contributed by atoms with Gasteiger partial charge in [-0.05, 0) is 47.5 Å². The third-order valence-corrected chi connectivity index (χ3v) is 5.51. The predicted molar refractivity (Wildman–Crippen MR) is 124 cm³/mol. The first kappa shape index (κ1) is 23.6. The van der Waals surface area contributed by atoms with E-state index < -0.39 is 11.3 Å². The van der Waals surface area contributed by atoms with Crippen molar-refractivity contribution in [1.82, 2.24) is 23.6 Å². The number of hydrogen-bond donors (Lipinski definition) is 1. The van der Waals surface area contributed by atoms with Crippen LogP contribution in [0.5, 0.6) is 0 Å². The monoisotopic (exact) mass is 446 g/mol. The van der Waals surface area contributed by atoms with Crippen LogP contribution in [0.1, 0.15) is 47.5 Å². The zero-order chi connectivity index (χ0) is 23.8. The fraction of sp³-hybridized carbons (Fsp3) is 0.636. The predicted octanol–water partition coefficient (Wildman–Crippen LogP) is 2.21. The first-order chi connectivity index (χ1) is 14.9. The molecule has 0 unspecified atom stereocenters. The van der Waals surface area contributed by atoms with Crippen molar-refractivity contribution in [3.63, 3.8) is 0 Å². The first-order valence-electron chi connectivity index (χ1n) is 10.9. The topological polar surface area (TPSA) is 103 Å². The molecule has 10 heteroatoms. The summed E-state index contributed by atoms with van der Waals surface area (Å²) in [4.78, 5) is 43.9. The van der Waals surface area contributed by atoms with Crippen LogP contribution >= 0.6 is 0 Å². The zero-order valence-corrected chi connectivity index (χ0v) is 20.1. The molecule has 1 N–H and O–H groups in total. The van der Waals surface area contributed by atoms with E-state index in [0.29, 0.717) is 36.7 Å². The van der Waals surface area contributed by atoms with Gasteiger partial charge in [0.1, 0.15) is 5.60 Å². The van der Waals surface area contributed by atoms with Gasteiger partial charge in [-0.25, -0.2) is 9.59 Å². The Balaban J connectivity index is 1.87. The molecule has 0 atom stereocenters. The molecule has 32 heavy (non-hydrogen) atoms. The van der Waals surface area contributed by atoms with Gasteiger partial charge in [0.25, 0.3) is 5.56 Å². The third kappa shape index (κ3) is 4.89. The van der Waals surface area contributed by atoms with Gasteiger partial charge >= 0.3 is 11.8 Å². The SMILES string of the molecule is CC(C)=CCn1c(NC2CCN(C(=O)OC(C)(C)C)CC2)nc2c1c(=O)n(C)c(=O)n2C. The number of aromatic nitrogens is 4. The van der Waals surface area contributed by atoms with E-state index in [1.165, 1.54) is 11.6 Å². The molecule has 0 bridgehead atoms. The lowest BCUT2D eigenvalue weighted by Gasteiger charge is -2.33. The Morgan fingerprint density at radius 2 is 1.78 bits per heavy atom. The number of fused-ring (bicyclic) bond motifs is 1. The molecule has 1 fully saturated rings. The summed E-state index contributed by atoms with van der Waals surface area (Å²) in [5, 5.41) is 3.44. The van der Waals surface area contributed by atoms with Crippen LogP contribution in [0.4, 0.5) is 10.7 Å². The van der Waals surface area contributed by atoms with Crippen LogP contribution in [0.25, 0.3) is 11.2 Å². The van der Waals surface area contributed by atoms with Crippen molar-refractivity contribution in [3.05, 3.63) is 32.5 Å². The number of piperidine rings is 1. The van der Waals surface area contributed by atoms with Crippen molar-refractivity contribution in [1.29, 1.82) is 0 Å². The number of aryl methyl sites for hydroxylation is 1. The zero-order valence-electron chi connectivity index (χ0n) is 20.1. The molecule has 0 spiro atoms. The van der Waals surface area contributed by atoms with Crippen LogP contribution in [0.2, 0.25) is 0 Å². The minimum absolute atomic E-state index is 0.0804. The van der Waals surface area contributed by atoms with Gasteiger partial charge in [0.05, 0.1) is 0 Å². The summed E-state index contributed by atoms with van der Waals surface area (Å²) in [7, 11) is 3.09. The standard InChI is InChI=1S/C22H34N6O4/c1-14(2)8-13-28-16-17(25(6)20(30)26(7)18(16)29)24-19(28)23-15-9-11-27(12-10-15)21(31)32-22(3,4)5/h8,15H,9-13H2,1-7H3,(H,23,24). The summed E-state index contributed by atoms with van der Waals surface area (Å²) in [5.41, 5.74) is 0.557. The second-order valence-corrected chi connectivity index (χ2v) is 9.59. The molecule has 0 radical (unpaired) electrons. The number of carbonyl (C=O) groups is 1. The second-order valence-electron chi connectivity index (χ2n) is 9.59. The van der Waals surface area contributed by atoms with E-state index in [-0.39, 0.29) is 17.7 Å². The van der Waals surface area contributed by atoms with E-state index in [4.69, 9.17) is 4.74 Å². The molecular formula is C22H34N6O4. The Morgan fingerprint density at radius 3 is 2.34 bits per heavy atom. The number of carbonyl (C=O) groups excluding carboxylic acids is 1. The van der Waals surface area contributed by atoms with E-state index in [9.17, 15) is 14.4 Å². The van der Waals surface area contributed by atoms with E-state index in [0.717, 1.165) is 23.0 Å². The number of nitrogens with zero attached hydrogens (tertiary/aromatic N) is 5. The van der Waals surface area contributed by atoms with Crippen LogP contribution in [0.3, 0.4) is 0 Å². The molecule has 0 saturated carbocycles. The summed E-state index contributed by atoms with van der Waals surface area (Å²) in [5.74, 6) is 0.548. The van der Waals surface area contributed by atoms with Gasteiger partial charge < -0.3 is 19.5 Å². The molecule has 1 aliphatic rings. The highest BCUT2D eigenvalue weighted by molar-refractivity contribution is 5.74. The van der Waals surface area contributed by atoms with Crippen LogP contribution in [-0.4, -0.2) is 54.4 Å². The minimum atomic E-state index is -0.524. The molecule has 0 aliphatic carbocycles. The Bertz CT molecular complexity index is 1150. The number of nitrogens with one attached hydrogen (secondary N) is 1. The van der Waals surface area contributed by atoms with Crippen molar-refractivity contribution in [2.45, 2.75) is 65.6 Å². The number of rotatable bonds is 4. The number of amides is 1. The van der Waals surface area contributed by atoms with E-state index >= 15 is 0 Å². The van der Waals surface area contributed by atoms with Crippen molar-refractivity contribution in [2.75, 3.05) is 18.4 Å². The molecule has 3 rings (SSSR count). The maximum absolute atomic E-state index is 12.9. The third-order valence-electron chi connectivity index (χ3n) is 5.51. The van der Waals surface area contributed by atoms with Gasteiger partial charge in [-0.1, -0.05) is 11.6 Å². The first-order valence-corrected chi connectivity index (χ1v) is 10.9. The van der Waals surface area contributed by atoms with Crippen LogP contribution in [0.15, 0.2) is 21.2 Å². The molecule has 2 aromatic heterocycles. The fourth-order valence-corrected chi connectivity index (χ4v) is 3.72. The van der Waals surface area contributed by atoms with Crippen molar-refractivity contribution in [3.8, 4) is 0 Å². The lowest BCUT2D eigenvalue weighted by Crippen LogP contribution is -2.44. The summed E-state index contributed by atoms with van der Waals surface area (Å²) < 4.78 is 9.79. The minimum Gasteiger partial charge on any atom is -0.444 e. The normalized spacial score (nSPS) is 15.2. The largest absolute Gasteiger partial charge is 0.444 e. The number of hydrogen-bond acceptors (Lipinski definition) is 6. The summed E-state index contributed by atoms with van der Waals surface area (Å²) in [6, 6.07) is 0.0804. The number of likely N-dealkylation sites (tertiary alicyclic amines) is 1. The average Bonchev–Trinajstić information content (AvgIpc) is 3.06. The molecule has 0 aromatic carbocycles. The average molecular weight is 447 g/mol. The number of ether oxygens (including phenoxy) is 1. The maximum atomic E-state index is 12.9. The molecule has 1 aliphatic heterocycles. The Labute approximate surface area is 187 Å². The van der Waals surface area contributed by atoms with Gasteiger partial charge in [-0.3, -0.25) is 13.9 Å². The molecule has 2 aromatic rings. The number of allylic oxidation sites excluding steroid dienone is 2. The lowest BCUT2D eigenvalue weighted by molar-refractivity contribution is 0.0210. The smallest absolute Gasteiger partial charge is 0.410 e. The van der Waals surface area contributed by atoms with Crippen molar-refractivity contribution in [2.24, 2.45) is 14.1 Å². The Hall–Kier alpha value is -3.04. The number of anilines is 1. The molecular weight excluding hydrogens is 412 g/mol.